The molecular weight excluding hydrogens is 314 g/mol. The number of carboxylic acids is 1. The van der Waals surface area contributed by atoms with E-state index >= 15 is 0 Å². The fourth-order valence-electron chi connectivity index (χ4n) is 2.60. The molecule has 1 aromatic rings. The van der Waals surface area contributed by atoms with Gasteiger partial charge >= 0.3 is 5.97 Å². The van der Waals surface area contributed by atoms with Gasteiger partial charge in [-0.15, -0.1) is 11.3 Å². The summed E-state index contributed by atoms with van der Waals surface area (Å²) in [5.74, 6) is -1.13. The molecule has 0 bridgehead atoms. The molecular formula is C13H19NO5S2. The molecule has 118 valence electrons. The summed E-state index contributed by atoms with van der Waals surface area (Å²) in [4.78, 5) is 11.5. The normalized spacial score (nSPS) is 21.1. The molecule has 1 atom stereocenters. The minimum atomic E-state index is -3.77. The number of rotatable bonds is 4. The van der Waals surface area contributed by atoms with Crippen molar-refractivity contribution in [3.05, 3.63) is 15.8 Å². The van der Waals surface area contributed by atoms with Crippen LogP contribution in [-0.4, -0.2) is 48.1 Å². The number of aromatic carboxylic acids is 1. The van der Waals surface area contributed by atoms with Crippen molar-refractivity contribution in [2.75, 3.05) is 13.2 Å². The summed E-state index contributed by atoms with van der Waals surface area (Å²) < 4.78 is 26.9. The largest absolute Gasteiger partial charge is 0.477 e. The van der Waals surface area contributed by atoms with E-state index in [1.54, 1.807) is 6.92 Å². The number of hydrogen-bond donors (Lipinski definition) is 2. The van der Waals surface area contributed by atoms with Crippen molar-refractivity contribution in [2.24, 2.45) is 0 Å². The summed E-state index contributed by atoms with van der Waals surface area (Å²) in [6.45, 7) is 1.76. The number of sulfonamides is 1. The van der Waals surface area contributed by atoms with Crippen LogP contribution in [-0.2, 0) is 10.0 Å². The van der Waals surface area contributed by atoms with Gasteiger partial charge in [0.05, 0.1) is 11.5 Å². The van der Waals surface area contributed by atoms with Gasteiger partial charge < -0.3 is 10.2 Å². The van der Waals surface area contributed by atoms with Gasteiger partial charge in [-0.05, 0) is 25.8 Å². The zero-order valence-corrected chi connectivity index (χ0v) is 13.4. The lowest BCUT2D eigenvalue weighted by atomic mass is 10.1. The zero-order valence-electron chi connectivity index (χ0n) is 11.8. The highest BCUT2D eigenvalue weighted by atomic mass is 32.2. The Bertz CT molecular complexity index is 623. The first kappa shape index (κ1) is 16.4. The first-order valence-electron chi connectivity index (χ1n) is 6.84. The average molecular weight is 333 g/mol. The van der Waals surface area contributed by atoms with Crippen LogP contribution in [0, 0.1) is 6.92 Å². The summed E-state index contributed by atoms with van der Waals surface area (Å²) >= 11 is 0.959. The van der Waals surface area contributed by atoms with Crippen LogP contribution >= 0.6 is 11.3 Å². The van der Waals surface area contributed by atoms with Crippen LogP contribution in [0.1, 0.15) is 40.2 Å². The number of carbonyl (C=O) groups is 1. The molecule has 1 aliphatic rings. The van der Waals surface area contributed by atoms with E-state index in [0.29, 0.717) is 17.8 Å². The van der Waals surface area contributed by atoms with Crippen LogP contribution in [0.2, 0.25) is 0 Å². The van der Waals surface area contributed by atoms with Crippen molar-refractivity contribution >= 4 is 27.3 Å². The first-order chi connectivity index (χ1) is 9.87. The molecule has 2 heterocycles. The molecule has 6 nitrogen and oxygen atoms in total. The molecule has 0 radical (unpaired) electrons. The second-order valence-electron chi connectivity index (χ2n) is 5.14. The molecule has 8 heteroatoms. The molecule has 0 aromatic carbocycles. The molecule has 1 aliphatic heterocycles. The van der Waals surface area contributed by atoms with Gasteiger partial charge in [0, 0.05) is 17.5 Å². The van der Waals surface area contributed by atoms with Crippen molar-refractivity contribution in [2.45, 2.75) is 43.5 Å². The van der Waals surface area contributed by atoms with Gasteiger partial charge in [-0.3, -0.25) is 0 Å². The Hall–Kier alpha value is -0.960. The number of hydrogen-bond acceptors (Lipinski definition) is 5. The molecule has 0 saturated carbocycles. The van der Waals surface area contributed by atoms with Crippen LogP contribution in [0.25, 0.3) is 0 Å². The van der Waals surface area contributed by atoms with Gasteiger partial charge in [0.15, 0.2) is 0 Å². The molecule has 0 amide bonds. The minimum absolute atomic E-state index is 0.0152. The van der Waals surface area contributed by atoms with Crippen LogP contribution in [0.3, 0.4) is 0 Å². The van der Waals surface area contributed by atoms with Crippen molar-refractivity contribution in [3.63, 3.8) is 0 Å². The van der Waals surface area contributed by atoms with E-state index in [1.165, 1.54) is 10.4 Å². The third-order valence-corrected chi connectivity index (χ3v) is 6.95. The van der Waals surface area contributed by atoms with E-state index in [-0.39, 0.29) is 16.4 Å². The molecule has 1 saturated heterocycles. The van der Waals surface area contributed by atoms with Gasteiger partial charge in [-0.2, -0.15) is 4.31 Å². The van der Waals surface area contributed by atoms with Gasteiger partial charge in [-0.1, -0.05) is 12.8 Å². The number of thiophene rings is 1. The quantitative estimate of drug-likeness (QED) is 0.874. The summed E-state index contributed by atoms with van der Waals surface area (Å²) in [6.07, 6.45) is 3.21. The summed E-state index contributed by atoms with van der Waals surface area (Å²) in [7, 11) is -3.77. The Balaban J connectivity index is 2.42. The Morgan fingerprint density at radius 3 is 2.71 bits per heavy atom. The van der Waals surface area contributed by atoms with E-state index in [9.17, 15) is 18.3 Å². The van der Waals surface area contributed by atoms with Crippen molar-refractivity contribution in [1.29, 1.82) is 0 Å². The van der Waals surface area contributed by atoms with Gasteiger partial charge in [0.25, 0.3) is 0 Å². The van der Waals surface area contributed by atoms with E-state index in [4.69, 9.17) is 5.11 Å². The Labute approximate surface area is 128 Å². The fraction of sp³-hybridized carbons (Fsp3) is 0.615. The molecule has 1 fully saturated rings. The lowest BCUT2D eigenvalue weighted by molar-refractivity contribution is 0.0702. The lowest BCUT2D eigenvalue weighted by Crippen LogP contribution is -2.42. The highest BCUT2D eigenvalue weighted by Crippen LogP contribution is 2.31. The molecule has 0 aliphatic carbocycles. The molecule has 2 N–H and O–H groups in total. The minimum Gasteiger partial charge on any atom is -0.477 e. The Morgan fingerprint density at radius 1 is 1.43 bits per heavy atom. The van der Waals surface area contributed by atoms with Crippen LogP contribution in [0.4, 0.5) is 0 Å². The second kappa shape index (κ2) is 6.43. The molecule has 0 spiro atoms. The maximum absolute atomic E-state index is 12.8. The van der Waals surface area contributed by atoms with Gasteiger partial charge in [-0.25, -0.2) is 13.2 Å². The number of carboxylic acid groups (broad SMARTS) is 1. The maximum Gasteiger partial charge on any atom is 0.345 e. The van der Waals surface area contributed by atoms with Gasteiger partial charge in [0.2, 0.25) is 10.0 Å². The number of aliphatic hydroxyl groups is 1. The standard InChI is InChI=1S/C13H19NO5S2/c1-9-12(7-11(20-9)13(16)17)21(18,19)14-6-4-2-3-5-10(14)8-15/h7,10,15H,2-6,8H2,1H3,(H,16,17). The monoisotopic (exact) mass is 333 g/mol. The van der Waals surface area contributed by atoms with E-state index in [0.717, 1.165) is 30.6 Å². The predicted molar refractivity (Wildman–Crippen MR) is 79.2 cm³/mol. The average Bonchev–Trinajstić information content (AvgIpc) is 2.68. The first-order valence-corrected chi connectivity index (χ1v) is 9.10. The number of nitrogens with zero attached hydrogens (tertiary/aromatic N) is 1. The van der Waals surface area contributed by atoms with Crippen LogP contribution in [0.15, 0.2) is 11.0 Å². The summed E-state index contributed by atoms with van der Waals surface area (Å²) in [6, 6.07) is 0.793. The molecule has 2 rings (SSSR count). The van der Waals surface area contributed by atoms with E-state index < -0.39 is 22.0 Å². The topological polar surface area (TPSA) is 94.9 Å². The van der Waals surface area contributed by atoms with E-state index in [1.807, 2.05) is 0 Å². The molecule has 21 heavy (non-hydrogen) atoms. The Kier molecular flexibility index (Phi) is 5.03. The van der Waals surface area contributed by atoms with Crippen molar-refractivity contribution in [3.8, 4) is 0 Å². The molecule has 1 unspecified atom stereocenters. The number of aliphatic hydroxyl groups excluding tert-OH is 1. The Morgan fingerprint density at radius 2 is 2.14 bits per heavy atom. The number of aryl methyl sites for hydroxylation is 1. The van der Waals surface area contributed by atoms with Crippen LogP contribution in [0.5, 0.6) is 0 Å². The third kappa shape index (κ3) is 3.28. The molecule has 1 aromatic heterocycles. The zero-order chi connectivity index (χ0) is 15.6. The highest BCUT2D eigenvalue weighted by molar-refractivity contribution is 7.89. The van der Waals surface area contributed by atoms with E-state index in [2.05, 4.69) is 0 Å². The second-order valence-corrected chi connectivity index (χ2v) is 8.25. The lowest BCUT2D eigenvalue weighted by Gasteiger charge is -2.27. The SMILES string of the molecule is Cc1sc(C(=O)O)cc1S(=O)(=O)N1CCCCCC1CO. The summed E-state index contributed by atoms with van der Waals surface area (Å²) in [5.41, 5.74) is 0. The predicted octanol–water partition coefficient (Wildman–Crippen LogP) is 1.68. The smallest absolute Gasteiger partial charge is 0.345 e. The summed E-state index contributed by atoms with van der Waals surface area (Å²) in [5, 5.41) is 18.5. The third-order valence-electron chi connectivity index (χ3n) is 3.70. The van der Waals surface area contributed by atoms with Crippen LogP contribution < -0.4 is 0 Å². The van der Waals surface area contributed by atoms with Gasteiger partial charge in [0.1, 0.15) is 4.88 Å². The fourth-order valence-corrected chi connectivity index (χ4v) is 5.69. The van der Waals surface area contributed by atoms with Crippen molar-refractivity contribution in [1.82, 2.24) is 4.31 Å². The maximum atomic E-state index is 12.8. The van der Waals surface area contributed by atoms with Crippen molar-refractivity contribution < 1.29 is 23.4 Å². The highest BCUT2D eigenvalue weighted by Gasteiger charge is 2.34.